The molecular weight excluding hydrogens is 324 g/mol. The van der Waals surface area contributed by atoms with Gasteiger partial charge in [-0.2, -0.15) is 5.10 Å². The molecule has 1 saturated heterocycles. The van der Waals surface area contributed by atoms with Crippen LogP contribution in [0.2, 0.25) is 0 Å². The van der Waals surface area contributed by atoms with Gasteiger partial charge in [-0.05, 0) is 55.5 Å². The summed E-state index contributed by atoms with van der Waals surface area (Å²) in [4.78, 5) is 16.4. The van der Waals surface area contributed by atoms with E-state index in [1.54, 1.807) is 0 Å². The molecule has 1 aromatic carbocycles. The Labute approximate surface area is 154 Å². The molecule has 1 amide bonds. The van der Waals surface area contributed by atoms with Gasteiger partial charge in [0.25, 0.3) is 0 Å². The number of hydrogen-bond donors (Lipinski definition) is 0. The molecule has 0 N–H and O–H groups in total. The van der Waals surface area contributed by atoms with E-state index in [9.17, 15) is 4.79 Å². The van der Waals surface area contributed by atoms with Gasteiger partial charge in [-0.1, -0.05) is 6.42 Å². The van der Waals surface area contributed by atoms with Crippen LogP contribution in [0.4, 0.5) is 5.69 Å². The Morgan fingerprint density at radius 1 is 0.885 bits per heavy atom. The van der Waals surface area contributed by atoms with Gasteiger partial charge in [-0.25, -0.2) is 4.68 Å². The summed E-state index contributed by atoms with van der Waals surface area (Å²) < 4.78 is 2.01. The van der Waals surface area contributed by atoms with Crippen molar-refractivity contribution in [1.29, 1.82) is 0 Å². The summed E-state index contributed by atoms with van der Waals surface area (Å²) in [6.45, 7) is 3.15. The van der Waals surface area contributed by atoms with E-state index in [-0.39, 0.29) is 5.91 Å². The maximum absolute atomic E-state index is 11.9. The quantitative estimate of drug-likeness (QED) is 0.855. The first-order valence-corrected chi connectivity index (χ1v) is 10.0. The number of hydrogen-bond acceptors (Lipinski definition) is 3. The van der Waals surface area contributed by atoms with Crippen molar-refractivity contribution in [3.8, 4) is 5.69 Å². The van der Waals surface area contributed by atoms with E-state index >= 15 is 0 Å². The summed E-state index contributed by atoms with van der Waals surface area (Å²) >= 11 is 0. The van der Waals surface area contributed by atoms with Crippen molar-refractivity contribution in [2.45, 2.75) is 51.0 Å². The number of anilines is 1. The first-order valence-electron chi connectivity index (χ1n) is 10.0. The molecule has 1 aliphatic carbocycles. The maximum Gasteiger partial charge on any atom is 0.227 e. The first-order chi connectivity index (χ1) is 12.8. The molecule has 0 radical (unpaired) electrons. The zero-order chi connectivity index (χ0) is 17.5. The van der Waals surface area contributed by atoms with Crippen LogP contribution in [-0.2, 0) is 17.6 Å². The minimum absolute atomic E-state index is 0.236. The van der Waals surface area contributed by atoms with Crippen molar-refractivity contribution in [1.82, 2.24) is 14.7 Å². The number of nitrogens with zero attached hydrogens (tertiary/aromatic N) is 4. The number of amides is 1. The Morgan fingerprint density at radius 3 is 2.35 bits per heavy atom. The van der Waals surface area contributed by atoms with Crippen molar-refractivity contribution < 1.29 is 4.79 Å². The second kappa shape index (κ2) is 6.54. The van der Waals surface area contributed by atoms with Crippen LogP contribution in [0.15, 0.2) is 30.5 Å². The van der Waals surface area contributed by atoms with E-state index in [1.165, 1.54) is 37.1 Å². The Bertz CT molecular complexity index is 780. The molecule has 2 aromatic rings. The van der Waals surface area contributed by atoms with E-state index in [2.05, 4.69) is 23.2 Å². The zero-order valence-electron chi connectivity index (χ0n) is 15.2. The predicted molar refractivity (Wildman–Crippen MR) is 102 cm³/mol. The second-order valence-electron chi connectivity index (χ2n) is 7.83. The number of carbonyl (C=O) groups is 1. The molecule has 136 valence electrons. The van der Waals surface area contributed by atoms with Crippen molar-refractivity contribution in [3.05, 3.63) is 41.7 Å². The fourth-order valence-electron chi connectivity index (χ4n) is 4.45. The van der Waals surface area contributed by atoms with E-state index in [1.807, 2.05) is 21.7 Å². The molecule has 5 nitrogen and oxygen atoms in total. The number of rotatable bonds is 3. The predicted octanol–water partition coefficient (Wildman–Crippen LogP) is 2.95. The summed E-state index contributed by atoms with van der Waals surface area (Å²) in [5, 5.41) is 4.87. The highest BCUT2D eigenvalue weighted by atomic mass is 16.2. The van der Waals surface area contributed by atoms with E-state index in [0.717, 1.165) is 49.8 Å². The Kier molecular flexibility index (Phi) is 4.04. The lowest BCUT2D eigenvalue weighted by Gasteiger charge is -2.36. The molecule has 0 unspecified atom stereocenters. The van der Waals surface area contributed by atoms with Crippen LogP contribution in [0.5, 0.6) is 0 Å². The van der Waals surface area contributed by atoms with Crippen molar-refractivity contribution in [2.24, 2.45) is 0 Å². The average Bonchev–Trinajstić information content (AvgIpc) is 3.17. The van der Waals surface area contributed by atoms with Gasteiger partial charge in [0, 0.05) is 50.4 Å². The van der Waals surface area contributed by atoms with Gasteiger partial charge in [-0.15, -0.1) is 0 Å². The highest BCUT2D eigenvalue weighted by Crippen LogP contribution is 2.28. The smallest absolute Gasteiger partial charge is 0.227 e. The highest BCUT2D eigenvalue weighted by Gasteiger charge is 2.27. The summed E-state index contributed by atoms with van der Waals surface area (Å²) in [6.07, 6.45) is 10.2. The zero-order valence-corrected chi connectivity index (χ0v) is 15.2. The van der Waals surface area contributed by atoms with Crippen LogP contribution < -0.4 is 4.90 Å². The van der Waals surface area contributed by atoms with Crippen LogP contribution in [0, 0.1) is 0 Å². The van der Waals surface area contributed by atoms with Gasteiger partial charge in [0.05, 0.1) is 11.4 Å². The largest absolute Gasteiger partial charge is 0.312 e. The van der Waals surface area contributed by atoms with Crippen LogP contribution >= 0.6 is 0 Å². The summed E-state index contributed by atoms with van der Waals surface area (Å²) in [5.74, 6) is 0.236. The van der Waals surface area contributed by atoms with Gasteiger partial charge in [0.15, 0.2) is 0 Å². The van der Waals surface area contributed by atoms with Crippen LogP contribution in [-0.4, -0.2) is 46.3 Å². The average molecular weight is 350 g/mol. The SMILES string of the molecule is O=C1CCCN1c1ccc(-n2cc3c(n2)CCN(C2CCC2)CC3)cc1. The summed E-state index contributed by atoms with van der Waals surface area (Å²) in [5.41, 5.74) is 4.72. The molecule has 3 heterocycles. The van der Waals surface area contributed by atoms with E-state index in [4.69, 9.17) is 5.10 Å². The monoisotopic (exact) mass is 350 g/mol. The molecule has 1 saturated carbocycles. The third-order valence-electron chi connectivity index (χ3n) is 6.27. The molecule has 0 spiro atoms. The lowest BCUT2D eigenvalue weighted by molar-refractivity contribution is -0.117. The normalized spacial score (nSPS) is 21.5. The number of aromatic nitrogens is 2. The minimum Gasteiger partial charge on any atom is -0.312 e. The van der Waals surface area contributed by atoms with Crippen molar-refractivity contribution in [2.75, 3.05) is 24.5 Å². The molecule has 2 aliphatic heterocycles. The Morgan fingerprint density at radius 2 is 1.65 bits per heavy atom. The Balaban J connectivity index is 1.32. The van der Waals surface area contributed by atoms with Gasteiger partial charge in [0.2, 0.25) is 5.91 Å². The van der Waals surface area contributed by atoms with Crippen LogP contribution in [0.3, 0.4) is 0 Å². The Hall–Kier alpha value is -2.14. The second-order valence-corrected chi connectivity index (χ2v) is 7.83. The maximum atomic E-state index is 11.9. The topological polar surface area (TPSA) is 41.4 Å². The standard InChI is InChI=1S/C21H26N4O/c26-21-5-2-12-24(21)18-6-8-19(9-7-18)25-15-16-10-13-23(17-3-1-4-17)14-11-20(16)22-25/h6-9,15,17H,1-5,10-14H2. The third-order valence-corrected chi connectivity index (χ3v) is 6.27. The molecule has 26 heavy (non-hydrogen) atoms. The van der Waals surface area contributed by atoms with Crippen LogP contribution in [0.25, 0.3) is 5.69 Å². The van der Waals surface area contributed by atoms with Crippen molar-refractivity contribution >= 4 is 11.6 Å². The highest BCUT2D eigenvalue weighted by molar-refractivity contribution is 5.95. The molecule has 1 aromatic heterocycles. The first kappa shape index (κ1) is 16.1. The number of benzene rings is 1. The van der Waals surface area contributed by atoms with Gasteiger partial charge < -0.3 is 4.90 Å². The van der Waals surface area contributed by atoms with Gasteiger partial charge in [0.1, 0.15) is 0 Å². The molecular formula is C21H26N4O. The summed E-state index contributed by atoms with van der Waals surface area (Å²) in [6, 6.07) is 9.07. The van der Waals surface area contributed by atoms with Crippen LogP contribution in [0.1, 0.15) is 43.4 Å². The molecule has 2 fully saturated rings. The molecule has 3 aliphatic rings. The summed E-state index contributed by atoms with van der Waals surface area (Å²) in [7, 11) is 0. The van der Waals surface area contributed by atoms with Crippen molar-refractivity contribution in [3.63, 3.8) is 0 Å². The van der Waals surface area contributed by atoms with Gasteiger partial charge >= 0.3 is 0 Å². The number of carbonyl (C=O) groups excluding carboxylic acids is 1. The lowest BCUT2D eigenvalue weighted by Crippen LogP contribution is -2.41. The molecule has 0 atom stereocenters. The third kappa shape index (κ3) is 2.84. The van der Waals surface area contributed by atoms with E-state index in [0.29, 0.717) is 6.42 Å². The fourth-order valence-corrected chi connectivity index (χ4v) is 4.45. The lowest BCUT2D eigenvalue weighted by atomic mass is 9.91. The minimum atomic E-state index is 0.236. The molecule has 0 bridgehead atoms. The fraction of sp³-hybridized carbons (Fsp3) is 0.524. The molecule has 5 heteroatoms. The number of fused-ring (bicyclic) bond motifs is 1. The van der Waals surface area contributed by atoms with Gasteiger partial charge in [-0.3, -0.25) is 9.69 Å². The molecule has 5 rings (SSSR count). The van der Waals surface area contributed by atoms with E-state index < -0.39 is 0 Å².